The first-order chi connectivity index (χ1) is 7.21. The molecule has 0 aliphatic carbocycles. The molecule has 2 rings (SSSR count). The molecule has 0 saturated heterocycles. The van der Waals surface area contributed by atoms with Gasteiger partial charge in [-0.3, -0.25) is 5.43 Å². The zero-order valence-corrected chi connectivity index (χ0v) is 8.53. The Balaban J connectivity index is 2.44. The van der Waals surface area contributed by atoms with Crippen molar-refractivity contribution in [2.75, 3.05) is 0 Å². The largest absolute Gasteiger partial charge is 0.274 e. The number of nitrogens with zero attached hydrogens (tertiary/aromatic N) is 1. The van der Waals surface area contributed by atoms with Gasteiger partial charge in [-0.25, -0.2) is 14.0 Å². The zero-order valence-electron chi connectivity index (χ0n) is 7.71. The molecular weight excluding hydrogens is 214 g/mol. The lowest BCUT2D eigenvalue weighted by atomic mass is 10.4. The fourth-order valence-electron chi connectivity index (χ4n) is 1.15. The van der Waals surface area contributed by atoms with E-state index < -0.39 is 9.84 Å². The third-order valence-corrected chi connectivity index (χ3v) is 3.60. The highest BCUT2D eigenvalue weighted by Gasteiger charge is 2.20. The number of hydrogen-bond donors (Lipinski definition) is 2. The minimum absolute atomic E-state index is 0.0868. The number of sulfone groups is 1. The molecule has 6 heteroatoms. The maximum absolute atomic E-state index is 12.0. The molecule has 15 heavy (non-hydrogen) atoms. The predicted octanol–water partition coefficient (Wildman–Crippen LogP) is 0.395. The van der Waals surface area contributed by atoms with Gasteiger partial charge in [0.15, 0.2) is 5.03 Å². The average Bonchev–Trinajstić information content (AvgIpc) is 2.31. The predicted molar refractivity (Wildman–Crippen MR) is 56.5 cm³/mol. The molecule has 1 heterocycles. The summed E-state index contributed by atoms with van der Waals surface area (Å²) in [6.07, 6.45) is 2.78. The first-order valence-corrected chi connectivity index (χ1v) is 5.74. The molecule has 0 aromatic heterocycles. The molecule has 78 valence electrons. The van der Waals surface area contributed by atoms with Crippen LogP contribution in [0.25, 0.3) is 0 Å². The average molecular weight is 223 g/mol. The summed E-state index contributed by atoms with van der Waals surface area (Å²) in [5.41, 5.74) is 4.87. The number of allylic oxidation sites excluding steroid dienone is 1. The third kappa shape index (κ3) is 1.84. The molecular formula is C9H9N3O2S. The number of benzene rings is 1. The van der Waals surface area contributed by atoms with Crippen molar-refractivity contribution >= 4 is 16.1 Å². The summed E-state index contributed by atoms with van der Waals surface area (Å²) in [5, 5.41) is 3.69. The van der Waals surface area contributed by atoms with Gasteiger partial charge < -0.3 is 0 Å². The van der Waals surface area contributed by atoms with Crippen molar-refractivity contribution in [2.45, 2.75) is 4.90 Å². The second-order valence-electron chi connectivity index (χ2n) is 2.86. The Morgan fingerprint density at radius 1 is 1.13 bits per heavy atom. The SMILES string of the molecule is O=S(=O)(C1=CC=NNN1)c1ccccc1. The Morgan fingerprint density at radius 2 is 1.87 bits per heavy atom. The molecule has 1 aliphatic heterocycles. The van der Waals surface area contributed by atoms with Gasteiger partial charge in [-0.05, 0) is 18.2 Å². The van der Waals surface area contributed by atoms with Crippen LogP contribution in [0.1, 0.15) is 0 Å². The van der Waals surface area contributed by atoms with Crippen LogP contribution >= 0.6 is 0 Å². The molecule has 0 unspecified atom stereocenters. The van der Waals surface area contributed by atoms with E-state index >= 15 is 0 Å². The highest BCUT2D eigenvalue weighted by Crippen LogP contribution is 2.16. The smallest absolute Gasteiger partial charge is 0.223 e. The molecule has 1 aromatic rings. The maximum Gasteiger partial charge on any atom is 0.223 e. The molecule has 0 bridgehead atoms. The lowest BCUT2D eigenvalue weighted by Gasteiger charge is -2.12. The summed E-state index contributed by atoms with van der Waals surface area (Å²) in [7, 11) is -3.47. The molecule has 0 fully saturated rings. The standard InChI is InChI=1S/C9H9N3O2S/c13-15(14,8-4-2-1-3-5-8)9-6-7-10-12-11-9/h1-7,11-12H. The highest BCUT2D eigenvalue weighted by atomic mass is 32.2. The Kier molecular flexibility index (Phi) is 2.42. The zero-order chi connectivity index (χ0) is 10.7. The monoisotopic (exact) mass is 223 g/mol. The molecule has 0 amide bonds. The Labute approximate surface area is 87.4 Å². The quantitative estimate of drug-likeness (QED) is 0.761. The van der Waals surface area contributed by atoms with Crippen LogP contribution in [0, 0.1) is 0 Å². The van der Waals surface area contributed by atoms with Gasteiger partial charge >= 0.3 is 0 Å². The molecule has 0 atom stereocenters. The van der Waals surface area contributed by atoms with Gasteiger partial charge in [0, 0.05) is 0 Å². The van der Waals surface area contributed by atoms with Crippen LogP contribution in [-0.2, 0) is 9.84 Å². The highest BCUT2D eigenvalue weighted by molar-refractivity contribution is 7.95. The molecule has 1 aromatic carbocycles. The summed E-state index contributed by atoms with van der Waals surface area (Å²) in [6.45, 7) is 0. The van der Waals surface area contributed by atoms with E-state index in [-0.39, 0.29) is 9.92 Å². The Bertz CT molecular complexity index is 505. The normalized spacial score (nSPS) is 15.1. The van der Waals surface area contributed by atoms with Crippen molar-refractivity contribution < 1.29 is 8.42 Å². The number of nitrogens with one attached hydrogen (secondary N) is 2. The van der Waals surface area contributed by atoms with E-state index in [2.05, 4.69) is 16.1 Å². The van der Waals surface area contributed by atoms with Crippen molar-refractivity contribution in [3.63, 3.8) is 0 Å². The van der Waals surface area contributed by atoms with E-state index in [0.717, 1.165) is 0 Å². The van der Waals surface area contributed by atoms with Crippen molar-refractivity contribution in [1.82, 2.24) is 11.0 Å². The van der Waals surface area contributed by atoms with E-state index in [0.29, 0.717) is 0 Å². The Hall–Kier alpha value is -1.82. The third-order valence-electron chi connectivity index (χ3n) is 1.89. The molecule has 1 aliphatic rings. The van der Waals surface area contributed by atoms with Crippen molar-refractivity contribution in [2.24, 2.45) is 5.10 Å². The van der Waals surface area contributed by atoms with E-state index in [1.54, 1.807) is 30.3 Å². The number of rotatable bonds is 2. The van der Waals surface area contributed by atoms with E-state index in [9.17, 15) is 8.42 Å². The van der Waals surface area contributed by atoms with Gasteiger partial charge in [0.1, 0.15) is 0 Å². The topological polar surface area (TPSA) is 70.6 Å². The molecule has 0 radical (unpaired) electrons. The van der Waals surface area contributed by atoms with Gasteiger partial charge in [0.2, 0.25) is 9.84 Å². The lowest BCUT2D eigenvalue weighted by Crippen LogP contribution is -2.33. The summed E-state index contributed by atoms with van der Waals surface area (Å²) in [4.78, 5) is 0.251. The summed E-state index contributed by atoms with van der Waals surface area (Å²) < 4.78 is 23.9. The van der Waals surface area contributed by atoms with Gasteiger partial charge in [0.25, 0.3) is 0 Å². The van der Waals surface area contributed by atoms with E-state index in [1.807, 2.05) is 0 Å². The molecule has 5 nitrogen and oxygen atoms in total. The van der Waals surface area contributed by atoms with Crippen LogP contribution in [0.15, 0.2) is 51.4 Å². The fourth-order valence-corrected chi connectivity index (χ4v) is 2.34. The van der Waals surface area contributed by atoms with Crippen LogP contribution < -0.4 is 11.0 Å². The van der Waals surface area contributed by atoms with E-state index in [1.165, 1.54) is 12.3 Å². The Morgan fingerprint density at radius 3 is 2.47 bits per heavy atom. The van der Waals surface area contributed by atoms with Gasteiger partial charge in [-0.1, -0.05) is 18.2 Å². The van der Waals surface area contributed by atoms with Crippen LogP contribution in [0.3, 0.4) is 0 Å². The minimum Gasteiger partial charge on any atom is -0.274 e. The lowest BCUT2D eigenvalue weighted by molar-refractivity contribution is 0.584. The number of hydrazine groups is 1. The van der Waals surface area contributed by atoms with Crippen molar-refractivity contribution in [1.29, 1.82) is 0 Å². The second-order valence-corrected chi connectivity index (χ2v) is 4.78. The summed E-state index contributed by atoms with van der Waals surface area (Å²) >= 11 is 0. The number of hydrazone groups is 1. The van der Waals surface area contributed by atoms with E-state index in [4.69, 9.17) is 0 Å². The summed E-state index contributed by atoms with van der Waals surface area (Å²) in [6, 6.07) is 8.21. The van der Waals surface area contributed by atoms with Crippen LogP contribution in [0.5, 0.6) is 0 Å². The summed E-state index contributed by atoms with van der Waals surface area (Å²) in [5.74, 6) is 0. The number of hydrogen-bond acceptors (Lipinski definition) is 5. The van der Waals surface area contributed by atoms with Crippen LogP contribution in [0.4, 0.5) is 0 Å². The maximum atomic E-state index is 12.0. The van der Waals surface area contributed by atoms with Gasteiger partial charge in [-0.2, -0.15) is 5.10 Å². The van der Waals surface area contributed by atoms with Crippen molar-refractivity contribution in [3.05, 3.63) is 41.4 Å². The second kappa shape index (κ2) is 3.74. The molecule has 0 spiro atoms. The van der Waals surface area contributed by atoms with Crippen LogP contribution in [0.2, 0.25) is 0 Å². The fraction of sp³-hybridized carbons (Fsp3) is 0. The first-order valence-electron chi connectivity index (χ1n) is 4.26. The molecule has 0 saturated carbocycles. The van der Waals surface area contributed by atoms with Crippen molar-refractivity contribution in [3.8, 4) is 0 Å². The molecule has 2 N–H and O–H groups in total. The first kappa shape index (κ1) is 9.72. The van der Waals surface area contributed by atoms with Gasteiger partial charge in [-0.15, -0.1) is 0 Å². The minimum atomic E-state index is -3.47. The van der Waals surface area contributed by atoms with Crippen LogP contribution in [-0.4, -0.2) is 14.6 Å². The van der Waals surface area contributed by atoms with Gasteiger partial charge in [0.05, 0.1) is 11.1 Å².